The van der Waals surface area contributed by atoms with Gasteiger partial charge in [0.15, 0.2) is 0 Å². The van der Waals surface area contributed by atoms with Gasteiger partial charge in [-0.3, -0.25) is 0 Å². The highest BCUT2D eigenvalue weighted by atomic mass is 35.5. The molecule has 0 radical (unpaired) electrons. The summed E-state index contributed by atoms with van der Waals surface area (Å²) in [6.45, 7) is 0.683. The maximum absolute atomic E-state index is 13.0. The lowest BCUT2D eigenvalue weighted by Gasteiger charge is -2.31. The molecule has 0 saturated carbocycles. The van der Waals surface area contributed by atoms with Crippen LogP contribution in [0.25, 0.3) is 0 Å². The summed E-state index contributed by atoms with van der Waals surface area (Å²) < 4.78 is 4.69. The third kappa shape index (κ3) is 4.61. The van der Waals surface area contributed by atoms with Crippen molar-refractivity contribution in [3.63, 3.8) is 0 Å². The van der Waals surface area contributed by atoms with Crippen LogP contribution in [-0.2, 0) is 4.74 Å². The molecule has 1 saturated heterocycles. The molecule has 0 bridgehead atoms. The second-order valence-electron chi connectivity index (χ2n) is 6.58. The number of rotatable bonds is 3. The molecule has 142 valence electrons. The standard InChI is InChI=1S/C21H23ClN2O3/c1-27-20(25)15-10-12-16(13-11-15)23-21(26)24-14-6-2-3-9-19(24)17-7-4-5-8-18(17)22/h4-5,7-8,10-13,19H,2-3,6,9,14H2,1H3,(H,23,26)/t19-/m1/s1. The highest BCUT2D eigenvalue weighted by Crippen LogP contribution is 2.34. The molecule has 0 aromatic heterocycles. The summed E-state index contributed by atoms with van der Waals surface area (Å²) in [7, 11) is 1.34. The summed E-state index contributed by atoms with van der Waals surface area (Å²) in [6, 6.07) is 14.2. The van der Waals surface area contributed by atoms with Crippen LogP contribution in [0.5, 0.6) is 0 Å². The van der Waals surface area contributed by atoms with Crippen molar-refractivity contribution < 1.29 is 14.3 Å². The number of benzene rings is 2. The number of ether oxygens (including phenoxy) is 1. The smallest absolute Gasteiger partial charge is 0.337 e. The Balaban J connectivity index is 1.78. The average molecular weight is 387 g/mol. The maximum Gasteiger partial charge on any atom is 0.337 e. The highest BCUT2D eigenvalue weighted by molar-refractivity contribution is 6.31. The van der Waals surface area contributed by atoms with E-state index in [-0.39, 0.29) is 12.1 Å². The molecule has 2 amide bonds. The van der Waals surface area contributed by atoms with E-state index in [0.29, 0.717) is 22.8 Å². The number of amides is 2. The largest absolute Gasteiger partial charge is 0.465 e. The Morgan fingerprint density at radius 2 is 1.81 bits per heavy atom. The molecule has 1 aliphatic rings. The summed E-state index contributed by atoms with van der Waals surface area (Å²) in [6.07, 6.45) is 4.01. The SMILES string of the molecule is COC(=O)c1ccc(NC(=O)N2CCCCC[C@@H]2c2ccccc2Cl)cc1. The molecule has 1 fully saturated rings. The summed E-state index contributed by atoms with van der Waals surface area (Å²) in [5.41, 5.74) is 2.06. The summed E-state index contributed by atoms with van der Waals surface area (Å²) in [4.78, 5) is 26.4. The predicted octanol–water partition coefficient (Wildman–Crippen LogP) is 5.28. The first-order valence-corrected chi connectivity index (χ1v) is 9.48. The zero-order valence-corrected chi connectivity index (χ0v) is 16.0. The third-order valence-electron chi connectivity index (χ3n) is 4.84. The lowest BCUT2D eigenvalue weighted by molar-refractivity contribution is 0.0600. The van der Waals surface area contributed by atoms with Crippen LogP contribution in [0.15, 0.2) is 48.5 Å². The normalized spacial score (nSPS) is 17.1. The van der Waals surface area contributed by atoms with Crippen LogP contribution in [0, 0.1) is 0 Å². The van der Waals surface area contributed by atoms with Gasteiger partial charge in [-0.05, 0) is 48.7 Å². The second-order valence-corrected chi connectivity index (χ2v) is 6.99. The van der Waals surface area contributed by atoms with Crippen molar-refractivity contribution in [1.82, 2.24) is 4.90 Å². The van der Waals surface area contributed by atoms with E-state index in [4.69, 9.17) is 16.3 Å². The predicted molar refractivity (Wildman–Crippen MR) is 106 cm³/mol. The van der Waals surface area contributed by atoms with Crippen LogP contribution < -0.4 is 5.32 Å². The van der Waals surface area contributed by atoms with Crippen molar-refractivity contribution in [3.8, 4) is 0 Å². The van der Waals surface area contributed by atoms with Crippen molar-refractivity contribution in [2.75, 3.05) is 19.0 Å². The van der Waals surface area contributed by atoms with Gasteiger partial charge >= 0.3 is 12.0 Å². The van der Waals surface area contributed by atoms with Gasteiger partial charge in [-0.25, -0.2) is 9.59 Å². The number of nitrogens with one attached hydrogen (secondary N) is 1. The summed E-state index contributed by atoms with van der Waals surface area (Å²) in [5.74, 6) is -0.404. The maximum atomic E-state index is 13.0. The molecule has 0 aliphatic carbocycles. The summed E-state index contributed by atoms with van der Waals surface area (Å²) in [5, 5.41) is 3.62. The number of methoxy groups -OCH3 is 1. The van der Waals surface area contributed by atoms with Crippen LogP contribution in [0.3, 0.4) is 0 Å². The highest BCUT2D eigenvalue weighted by Gasteiger charge is 2.28. The van der Waals surface area contributed by atoms with E-state index in [2.05, 4.69) is 5.32 Å². The number of carbonyl (C=O) groups is 2. The van der Waals surface area contributed by atoms with E-state index in [1.807, 2.05) is 29.2 Å². The molecule has 1 atom stereocenters. The third-order valence-corrected chi connectivity index (χ3v) is 5.18. The quantitative estimate of drug-likeness (QED) is 0.730. The first kappa shape index (κ1) is 19.2. The Morgan fingerprint density at radius 1 is 1.07 bits per heavy atom. The van der Waals surface area contributed by atoms with Crippen LogP contribution >= 0.6 is 11.6 Å². The van der Waals surface area contributed by atoms with Gasteiger partial charge in [-0.1, -0.05) is 42.6 Å². The first-order valence-electron chi connectivity index (χ1n) is 9.10. The summed E-state index contributed by atoms with van der Waals surface area (Å²) >= 11 is 6.40. The number of halogens is 1. The van der Waals surface area contributed by atoms with Gasteiger partial charge in [0, 0.05) is 17.3 Å². The zero-order valence-electron chi connectivity index (χ0n) is 15.3. The minimum absolute atomic E-state index is 0.0458. The van der Waals surface area contributed by atoms with Crippen molar-refractivity contribution >= 4 is 29.3 Å². The van der Waals surface area contributed by atoms with Crippen molar-refractivity contribution in [3.05, 3.63) is 64.7 Å². The molecule has 6 heteroatoms. The molecule has 2 aromatic carbocycles. The number of nitrogens with zero attached hydrogens (tertiary/aromatic N) is 1. The number of likely N-dealkylation sites (tertiary alicyclic amines) is 1. The van der Waals surface area contributed by atoms with Gasteiger partial charge in [-0.2, -0.15) is 0 Å². The Bertz CT molecular complexity index is 807. The lowest BCUT2D eigenvalue weighted by atomic mass is 10.0. The molecule has 1 aliphatic heterocycles. The lowest BCUT2D eigenvalue weighted by Crippen LogP contribution is -2.38. The number of urea groups is 1. The van der Waals surface area contributed by atoms with Crippen molar-refractivity contribution in [2.24, 2.45) is 0 Å². The van der Waals surface area contributed by atoms with E-state index in [1.165, 1.54) is 7.11 Å². The molecule has 3 rings (SSSR count). The van der Waals surface area contributed by atoms with Crippen LogP contribution in [0.1, 0.15) is 47.6 Å². The Morgan fingerprint density at radius 3 is 2.52 bits per heavy atom. The minimum atomic E-state index is -0.404. The Labute approximate surface area is 164 Å². The van der Waals surface area contributed by atoms with Gasteiger partial charge in [0.1, 0.15) is 0 Å². The number of hydrogen-bond donors (Lipinski definition) is 1. The van der Waals surface area contributed by atoms with E-state index in [1.54, 1.807) is 24.3 Å². The Hall–Kier alpha value is -2.53. The topological polar surface area (TPSA) is 58.6 Å². The molecule has 0 spiro atoms. The number of carbonyl (C=O) groups excluding carboxylic acids is 2. The fourth-order valence-electron chi connectivity index (χ4n) is 3.42. The van der Waals surface area contributed by atoms with Crippen molar-refractivity contribution in [2.45, 2.75) is 31.7 Å². The molecule has 27 heavy (non-hydrogen) atoms. The van der Waals surface area contributed by atoms with Crippen LogP contribution in [0.2, 0.25) is 5.02 Å². The zero-order chi connectivity index (χ0) is 19.2. The molecular weight excluding hydrogens is 364 g/mol. The first-order chi connectivity index (χ1) is 13.1. The van der Waals surface area contributed by atoms with E-state index < -0.39 is 5.97 Å². The number of anilines is 1. The molecule has 5 nitrogen and oxygen atoms in total. The van der Waals surface area contributed by atoms with Gasteiger partial charge in [0.05, 0.1) is 18.7 Å². The fourth-order valence-corrected chi connectivity index (χ4v) is 3.68. The number of esters is 1. The van der Waals surface area contributed by atoms with Gasteiger partial charge in [-0.15, -0.1) is 0 Å². The van der Waals surface area contributed by atoms with E-state index in [0.717, 1.165) is 31.2 Å². The van der Waals surface area contributed by atoms with Crippen LogP contribution in [0.4, 0.5) is 10.5 Å². The average Bonchev–Trinajstić information content (AvgIpc) is 2.94. The van der Waals surface area contributed by atoms with Crippen molar-refractivity contribution in [1.29, 1.82) is 0 Å². The molecule has 2 aromatic rings. The van der Waals surface area contributed by atoms with Gasteiger partial charge in [0.25, 0.3) is 0 Å². The van der Waals surface area contributed by atoms with Gasteiger partial charge < -0.3 is 15.0 Å². The second kappa shape index (κ2) is 8.91. The molecule has 1 heterocycles. The van der Waals surface area contributed by atoms with Crippen LogP contribution in [-0.4, -0.2) is 30.6 Å². The monoisotopic (exact) mass is 386 g/mol. The van der Waals surface area contributed by atoms with E-state index in [9.17, 15) is 9.59 Å². The minimum Gasteiger partial charge on any atom is -0.465 e. The van der Waals surface area contributed by atoms with E-state index >= 15 is 0 Å². The molecule has 0 unspecified atom stereocenters. The fraction of sp³-hybridized carbons (Fsp3) is 0.333. The molecule has 1 N–H and O–H groups in total. The number of hydrogen-bond acceptors (Lipinski definition) is 3. The van der Waals surface area contributed by atoms with Gasteiger partial charge in [0.2, 0.25) is 0 Å². The molecular formula is C21H23ClN2O3. The Kier molecular flexibility index (Phi) is 6.35.